The first-order valence-corrected chi connectivity index (χ1v) is 5.63. The summed E-state index contributed by atoms with van der Waals surface area (Å²) in [5, 5.41) is 12.4. The van der Waals surface area contributed by atoms with E-state index in [2.05, 4.69) is 34.2 Å². The zero-order chi connectivity index (χ0) is 10.6. The first kappa shape index (κ1) is 11.5. The number of rotatable bonds is 4. The number of benzene rings is 1. The summed E-state index contributed by atoms with van der Waals surface area (Å²) in [6, 6.07) is 6.14. The topological polar surface area (TPSA) is 32.3 Å². The van der Waals surface area contributed by atoms with Crippen LogP contribution < -0.4 is 5.32 Å². The van der Waals surface area contributed by atoms with Gasteiger partial charge in [0.15, 0.2) is 0 Å². The molecule has 78 valence electrons. The highest BCUT2D eigenvalue weighted by atomic mass is 79.9. The third-order valence-corrected chi connectivity index (χ3v) is 2.53. The van der Waals surface area contributed by atoms with Gasteiger partial charge in [-0.3, -0.25) is 0 Å². The summed E-state index contributed by atoms with van der Waals surface area (Å²) in [6.45, 7) is 4.49. The smallest absolute Gasteiger partial charge is 0.0684 e. The van der Waals surface area contributed by atoms with E-state index in [9.17, 15) is 0 Å². The number of hydrogen-bond donors (Lipinski definition) is 2. The van der Waals surface area contributed by atoms with E-state index in [1.54, 1.807) is 6.92 Å². The van der Waals surface area contributed by atoms with E-state index in [4.69, 9.17) is 5.11 Å². The van der Waals surface area contributed by atoms with Gasteiger partial charge in [-0.2, -0.15) is 0 Å². The van der Waals surface area contributed by atoms with Gasteiger partial charge >= 0.3 is 0 Å². The van der Waals surface area contributed by atoms with Gasteiger partial charge in [-0.25, -0.2) is 0 Å². The quantitative estimate of drug-likeness (QED) is 0.870. The molecule has 0 aliphatic rings. The molecule has 1 aromatic carbocycles. The molecular weight excluding hydrogens is 242 g/mol. The van der Waals surface area contributed by atoms with Crippen molar-refractivity contribution in [2.45, 2.75) is 26.4 Å². The van der Waals surface area contributed by atoms with Crippen LogP contribution in [0.15, 0.2) is 22.7 Å². The van der Waals surface area contributed by atoms with Crippen molar-refractivity contribution < 1.29 is 5.11 Å². The molecule has 0 unspecified atom stereocenters. The molecule has 1 atom stereocenters. The van der Waals surface area contributed by atoms with Crippen LogP contribution in [0.4, 0.5) is 5.69 Å². The van der Waals surface area contributed by atoms with Gasteiger partial charge in [-0.05, 0) is 37.1 Å². The van der Waals surface area contributed by atoms with Crippen molar-refractivity contribution in [2.24, 2.45) is 0 Å². The summed E-state index contributed by atoms with van der Waals surface area (Å²) in [7, 11) is 0. The van der Waals surface area contributed by atoms with Crippen LogP contribution in [0.5, 0.6) is 0 Å². The van der Waals surface area contributed by atoms with Crippen molar-refractivity contribution in [3.63, 3.8) is 0 Å². The number of hydrogen-bond acceptors (Lipinski definition) is 2. The molecule has 0 aliphatic heterocycles. The molecular formula is C11H16BrNO. The summed E-state index contributed by atoms with van der Waals surface area (Å²) in [4.78, 5) is 0. The third-order valence-electron chi connectivity index (χ3n) is 2.04. The minimum absolute atomic E-state index is 0.316. The van der Waals surface area contributed by atoms with Gasteiger partial charge in [0.05, 0.1) is 6.10 Å². The summed E-state index contributed by atoms with van der Waals surface area (Å²) < 4.78 is 1.09. The average Bonchev–Trinajstić information content (AvgIpc) is 2.15. The zero-order valence-corrected chi connectivity index (χ0v) is 10.1. The van der Waals surface area contributed by atoms with Crippen molar-refractivity contribution >= 4 is 21.6 Å². The standard InChI is InChI=1S/C11H16BrNO/c1-3-9-6-10(12)4-5-11(9)13-7-8(2)14/h4-6,8,13-14H,3,7H2,1-2H3/t8-/m1/s1. The minimum atomic E-state index is -0.316. The molecule has 1 rings (SSSR count). The molecule has 14 heavy (non-hydrogen) atoms. The Bertz CT molecular complexity index is 299. The molecule has 0 spiro atoms. The Morgan fingerprint density at radius 2 is 2.21 bits per heavy atom. The monoisotopic (exact) mass is 257 g/mol. The fraction of sp³-hybridized carbons (Fsp3) is 0.455. The Hall–Kier alpha value is -0.540. The molecule has 2 N–H and O–H groups in total. The Labute approximate surface area is 93.5 Å². The zero-order valence-electron chi connectivity index (χ0n) is 8.55. The molecule has 0 fully saturated rings. The predicted molar refractivity (Wildman–Crippen MR) is 63.7 cm³/mol. The van der Waals surface area contributed by atoms with Crippen molar-refractivity contribution in [1.82, 2.24) is 0 Å². The van der Waals surface area contributed by atoms with Gasteiger partial charge in [-0.1, -0.05) is 22.9 Å². The molecule has 1 aromatic rings. The number of halogens is 1. The predicted octanol–water partition coefficient (Wildman–Crippen LogP) is 2.80. The number of anilines is 1. The van der Waals surface area contributed by atoms with E-state index < -0.39 is 0 Å². The molecule has 0 aromatic heterocycles. The Balaban J connectivity index is 2.75. The van der Waals surface area contributed by atoms with Crippen LogP contribution >= 0.6 is 15.9 Å². The maximum Gasteiger partial charge on any atom is 0.0684 e. The summed E-state index contributed by atoms with van der Waals surface area (Å²) >= 11 is 3.44. The molecule has 2 nitrogen and oxygen atoms in total. The van der Waals surface area contributed by atoms with Crippen LogP contribution in [0.25, 0.3) is 0 Å². The lowest BCUT2D eigenvalue weighted by Crippen LogP contribution is -2.16. The van der Waals surface area contributed by atoms with Gasteiger partial charge in [0.25, 0.3) is 0 Å². The Morgan fingerprint density at radius 3 is 2.79 bits per heavy atom. The molecule has 0 bridgehead atoms. The molecule has 0 aliphatic carbocycles. The van der Waals surface area contributed by atoms with Gasteiger partial charge in [0.1, 0.15) is 0 Å². The largest absolute Gasteiger partial charge is 0.392 e. The number of nitrogens with one attached hydrogen (secondary N) is 1. The van der Waals surface area contributed by atoms with Crippen molar-refractivity contribution in [3.8, 4) is 0 Å². The summed E-state index contributed by atoms with van der Waals surface area (Å²) in [6.07, 6.45) is 0.671. The number of aliphatic hydroxyl groups excluding tert-OH is 1. The lowest BCUT2D eigenvalue weighted by molar-refractivity contribution is 0.208. The Kier molecular flexibility index (Phi) is 4.42. The fourth-order valence-corrected chi connectivity index (χ4v) is 1.69. The van der Waals surface area contributed by atoms with Gasteiger partial charge in [-0.15, -0.1) is 0 Å². The van der Waals surface area contributed by atoms with Crippen LogP contribution in [0.2, 0.25) is 0 Å². The minimum Gasteiger partial charge on any atom is -0.392 e. The summed E-state index contributed by atoms with van der Waals surface area (Å²) in [5.41, 5.74) is 2.37. The normalized spacial score (nSPS) is 12.6. The SMILES string of the molecule is CCc1cc(Br)ccc1NC[C@@H](C)O. The van der Waals surface area contributed by atoms with Crippen LogP contribution in [0.3, 0.4) is 0 Å². The Morgan fingerprint density at radius 1 is 1.50 bits per heavy atom. The van der Waals surface area contributed by atoms with Crippen LogP contribution in [0, 0.1) is 0 Å². The van der Waals surface area contributed by atoms with Crippen molar-refractivity contribution in [3.05, 3.63) is 28.2 Å². The lowest BCUT2D eigenvalue weighted by Gasteiger charge is -2.12. The highest BCUT2D eigenvalue weighted by Gasteiger charge is 2.02. The van der Waals surface area contributed by atoms with E-state index >= 15 is 0 Å². The second-order valence-electron chi connectivity index (χ2n) is 3.38. The van der Waals surface area contributed by atoms with E-state index in [0.29, 0.717) is 6.54 Å². The van der Waals surface area contributed by atoms with Crippen molar-refractivity contribution in [2.75, 3.05) is 11.9 Å². The highest BCUT2D eigenvalue weighted by Crippen LogP contribution is 2.21. The van der Waals surface area contributed by atoms with Gasteiger partial charge in [0, 0.05) is 16.7 Å². The summed E-state index contributed by atoms with van der Waals surface area (Å²) in [5.74, 6) is 0. The van der Waals surface area contributed by atoms with E-state index in [1.165, 1.54) is 5.56 Å². The fourth-order valence-electron chi connectivity index (χ4n) is 1.28. The van der Waals surface area contributed by atoms with Crippen molar-refractivity contribution in [1.29, 1.82) is 0 Å². The first-order valence-electron chi connectivity index (χ1n) is 4.84. The van der Waals surface area contributed by atoms with Crippen LogP contribution in [0.1, 0.15) is 19.4 Å². The van der Waals surface area contributed by atoms with E-state index in [-0.39, 0.29) is 6.10 Å². The molecule has 0 radical (unpaired) electrons. The lowest BCUT2D eigenvalue weighted by atomic mass is 10.1. The first-order chi connectivity index (χ1) is 6.63. The number of aryl methyl sites for hydroxylation is 1. The van der Waals surface area contributed by atoms with Crippen LogP contribution in [-0.4, -0.2) is 17.8 Å². The molecule has 0 saturated carbocycles. The van der Waals surface area contributed by atoms with Crippen LogP contribution in [-0.2, 0) is 6.42 Å². The maximum absolute atomic E-state index is 9.16. The maximum atomic E-state index is 9.16. The molecule has 0 saturated heterocycles. The molecule has 3 heteroatoms. The van der Waals surface area contributed by atoms with Gasteiger partial charge in [0.2, 0.25) is 0 Å². The second kappa shape index (κ2) is 5.37. The highest BCUT2D eigenvalue weighted by molar-refractivity contribution is 9.10. The average molecular weight is 258 g/mol. The molecule has 0 heterocycles. The van der Waals surface area contributed by atoms with E-state index in [1.807, 2.05) is 12.1 Å². The second-order valence-corrected chi connectivity index (χ2v) is 4.30. The van der Waals surface area contributed by atoms with E-state index in [0.717, 1.165) is 16.6 Å². The number of aliphatic hydroxyl groups is 1. The molecule has 0 amide bonds. The van der Waals surface area contributed by atoms with Gasteiger partial charge < -0.3 is 10.4 Å². The third kappa shape index (κ3) is 3.31.